The number of aliphatic hydroxyl groups is 1. The summed E-state index contributed by atoms with van der Waals surface area (Å²) in [5.41, 5.74) is 1.95. The minimum Gasteiger partial charge on any atom is -0.393 e. The number of aliphatic hydroxyl groups excluding tert-OH is 1. The first kappa shape index (κ1) is 24.1. The number of hydrogen-bond donors (Lipinski definition) is 2. The van der Waals surface area contributed by atoms with Gasteiger partial charge >= 0.3 is 6.55 Å². The first-order chi connectivity index (χ1) is 17.2. The average Bonchev–Trinajstić information content (AvgIpc) is 3.61. The van der Waals surface area contributed by atoms with E-state index in [1.807, 2.05) is 10.3 Å². The van der Waals surface area contributed by atoms with Gasteiger partial charge in [-0.15, -0.1) is 11.3 Å². The van der Waals surface area contributed by atoms with E-state index in [-0.39, 0.29) is 18.4 Å². The van der Waals surface area contributed by atoms with E-state index in [4.69, 9.17) is 0 Å². The Balaban J connectivity index is 1.27. The van der Waals surface area contributed by atoms with Gasteiger partial charge in [0.2, 0.25) is 10.0 Å². The Kier molecular flexibility index (Phi) is 6.01. The van der Waals surface area contributed by atoms with Crippen LogP contribution in [0, 0.1) is 17.8 Å². The van der Waals surface area contributed by atoms with Crippen molar-refractivity contribution < 1.29 is 22.3 Å². The molecule has 2 bridgehead atoms. The molecule has 2 aromatic rings. The highest BCUT2D eigenvalue weighted by Gasteiger charge is 2.50. The number of amidine groups is 1. The lowest BCUT2D eigenvalue weighted by Gasteiger charge is -2.33. The maximum Gasteiger partial charge on any atom is 0.333 e. The molecule has 6 atom stereocenters. The topological polar surface area (TPSA) is 113 Å². The maximum absolute atomic E-state index is 13.5. The van der Waals surface area contributed by atoms with Gasteiger partial charge in [0.1, 0.15) is 0 Å². The molecule has 0 aromatic carbocycles. The predicted octanol–water partition coefficient (Wildman–Crippen LogP) is 2.70. The van der Waals surface area contributed by atoms with Crippen LogP contribution in [0.25, 0.3) is 5.57 Å². The fourth-order valence-electron chi connectivity index (χ4n) is 6.41. The molecule has 2 saturated carbocycles. The van der Waals surface area contributed by atoms with Crippen molar-refractivity contribution in [3.05, 3.63) is 40.2 Å². The largest absolute Gasteiger partial charge is 0.393 e. The summed E-state index contributed by atoms with van der Waals surface area (Å²) in [5, 5.41) is 16.6. The van der Waals surface area contributed by atoms with Crippen molar-refractivity contribution in [1.82, 2.24) is 24.4 Å². The van der Waals surface area contributed by atoms with Crippen LogP contribution in [-0.2, 0) is 10.0 Å². The highest BCUT2D eigenvalue weighted by atomic mass is 32.2. The van der Waals surface area contributed by atoms with Gasteiger partial charge < -0.3 is 10.0 Å². The molecule has 3 fully saturated rings. The SMILES string of the molecule is C[C@H]1CC2C[C@@H](S(=O)(=O)N[C@H]3CC4=C(c5ccn(C(F)F)n5)CN=C(c5nccs5)N4C3)C[C@H]1C2O. The number of alkyl halides is 2. The summed E-state index contributed by atoms with van der Waals surface area (Å²) in [6, 6.07) is 1.14. The molecular weight excluding hydrogens is 510 g/mol. The normalized spacial score (nSPS) is 32.4. The van der Waals surface area contributed by atoms with Crippen molar-refractivity contribution in [2.45, 2.75) is 56.6 Å². The fraction of sp³-hybridized carbons (Fsp3) is 0.609. The minimum atomic E-state index is -3.63. The molecule has 6 rings (SSSR count). The molecule has 36 heavy (non-hydrogen) atoms. The van der Waals surface area contributed by atoms with Crippen LogP contribution in [0.5, 0.6) is 0 Å². The van der Waals surface area contributed by atoms with Crippen LogP contribution in [-0.4, -0.2) is 69.5 Å². The zero-order chi connectivity index (χ0) is 25.2. The van der Waals surface area contributed by atoms with Crippen molar-refractivity contribution in [3.8, 4) is 0 Å². The summed E-state index contributed by atoms with van der Waals surface area (Å²) < 4.78 is 56.7. The summed E-state index contributed by atoms with van der Waals surface area (Å²) in [6.45, 7) is -0.0328. The number of rotatable bonds is 6. The van der Waals surface area contributed by atoms with E-state index in [0.29, 0.717) is 53.5 Å². The number of aliphatic imine (C=N–C) groups is 1. The molecule has 0 spiro atoms. The van der Waals surface area contributed by atoms with Crippen molar-refractivity contribution >= 4 is 32.8 Å². The predicted molar refractivity (Wildman–Crippen MR) is 131 cm³/mol. The summed E-state index contributed by atoms with van der Waals surface area (Å²) in [6.07, 6.45) is 4.72. The molecule has 2 aliphatic carbocycles. The molecule has 0 radical (unpaired) electrons. The quantitative estimate of drug-likeness (QED) is 0.585. The van der Waals surface area contributed by atoms with E-state index in [9.17, 15) is 22.3 Å². The van der Waals surface area contributed by atoms with Crippen LogP contribution < -0.4 is 4.72 Å². The third kappa shape index (κ3) is 4.09. The van der Waals surface area contributed by atoms with Crippen molar-refractivity contribution in [2.24, 2.45) is 22.7 Å². The standard InChI is InChI=1S/C23H28F2N6O3S2/c1-12-6-13-7-15(9-16(12)20(13)32)36(33,34)29-14-8-19-17(18-2-4-31(28-18)23(24)25)10-27-21(30(19)11-14)22-26-3-5-35-22/h2-5,12-16,20,23,29,32H,6-11H2,1H3/t12-,13?,14-,15+,16+,20?/m0/s1. The molecule has 2 aliphatic heterocycles. The number of thiazole rings is 1. The second-order valence-corrected chi connectivity index (χ2v) is 13.1. The third-order valence-corrected chi connectivity index (χ3v) is 10.8. The average molecular weight is 539 g/mol. The highest BCUT2D eigenvalue weighted by molar-refractivity contribution is 7.90. The number of fused-ring (bicyclic) bond motifs is 3. The van der Waals surface area contributed by atoms with Gasteiger partial charge in [-0.1, -0.05) is 6.92 Å². The Morgan fingerprint density at radius 1 is 1.28 bits per heavy atom. The van der Waals surface area contributed by atoms with E-state index in [1.165, 1.54) is 17.5 Å². The molecule has 2 aromatic heterocycles. The molecule has 0 amide bonds. The maximum atomic E-state index is 13.5. The van der Waals surface area contributed by atoms with E-state index in [1.54, 1.807) is 12.3 Å². The first-order valence-electron chi connectivity index (χ1n) is 12.2. The molecule has 2 N–H and O–H groups in total. The summed E-state index contributed by atoms with van der Waals surface area (Å²) >= 11 is 1.44. The van der Waals surface area contributed by atoms with E-state index >= 15 is 0 Å². The Morgan fingerprint density at radius 3 is 2.81 bits per heavy atom. The lowest BCUT2D eigenvalue weighted by Crippen LogP contribution is -2.47. The van der Waals surface area contributed by atoms with Crippen LogP contribution in [0.15, 0.2) is 34.5 Å². The van der Waals surface area contributed by atoms with Gasteiger partial charge in [0, 0.05) is 48.1 Å². The van der Waals surface area contributed by atoms with Crippen molar-refractivity contribution in [2.75, 3.05) is 13.1 Å². The summed E-state index contributed by atoms with van der Waals surface area (Å²) in [4.78, 5) is 11.0. The Hall–Kier alpha value is -2.22. The minimum absolute atomic E-state index is 0.0168. The van der Waals surface area contributed by atoms with Crippen LogP contribution in [0.1, 0.15) is 49.9 Å². The van der Waals surface area contributed by atoms with E-state index in [0.717, 1.165) is 17.1 Å². The number of halogens is 2. The molecular formula is C23H28F2N6O3S2. The van der Waals surface area contributed by atoms with Crippen LogP contribution in [0.3, 0.4) is 0 Å². The van der Waals surface area contributed by atoms with Gasteiger partial charge in [0.25, 0.3) is 0 Å². The molecule has 4 heterocycles. The highest BCUT2D eigenvalue weighted by Crippen LogP contribution is 2.47. The lowest BCUT2D eigenvalue weighted by molar-refractivity contribution is 0.0550. The Labute approximate surface area is 212 Å². The van der Waals surface area contributed by atoms with Crippen LogP contribution in [0.2, 0.25) is 0 Å². The summed E-state index contributed by atoms with van der Waals surface area (Å²) in [7, 11) is -3.63. The number of aromatic nitrogens is 3. The van der Waals surface area contributed by atoms with Crippen LogP contribution >= 0.6 is 11.3 Å². The van der Waals surface area contributed by atoms with Crippen molar-refractivity contribution in [1.29, 1.82) is 0 Å². The monoisotopic (exact) mass is 538 g/mol. The smallest absolute Gasteiger partial charge is 0.333 e. The molecule has 194 valence electrons. The summed E-state index contributed by atoms with van der Waals surface area (Å²) in [5.74, 6) is 1.02. The Morgan fingerprint density at radius 2 is 2.11 bits per heavy atom. The Bertz CT molecular complexity index is 1310. The molecule has 4 aliphatic rings. The van der Waals surface area contributed by atoms with Gasteiger partial charge in [-0.3, -0.25) is 4.99 Å². The van der Waals surface area contributed by atoms with Crippen LogP contribution in [0.4, 0.5) is 8.78 Å². The van der Waals surface area contributed by atoms with Gasteiger partial charge in [-0.2, -0.15) is 13.9 Å². The van der Waals surface area contributed by atoms with Crippen molar-refractivity contribution in [3.63, 3.8) is 0 Å². The first-order valence-corrected chi connectivity index (χ1v) is 14.6. The molecule has 2 unspecified atom stereocenters. The van der Waals surface area contributed by atoms with E-state index in [2.05, 4.69) is 26.7 Å². The second kappa shape index (κ2) is 8.96. The van der Waals surface area contributed by atoms with Gasteiger partial charge in [-0.05, 0) is 43.1 Å². The number of nitrogens with zero attached hydrogens (tertiary/aromatic N) is 5. The van der Waals surface area contributed by atoms with Gasteiger partial charge in [-0.25, -0.2) is 22.8 Å². The molecule has 1 saturated heterocycles. The third-order valence-electron chi connectivity index (χ3n) is 8.10. The molecule has 13 heteroatoms. The zero-order valence-corrected chi connectivity index (χ0v) is 21.3. The number of sulfonamides is 1. The fourth-order valence-corrected chi connectivity index (χ4v) is 8.85. The van der Waals surface area contributed by atoms with Gasteiger partial charge in [0.05, 0.1) is 23.6 Å². The second-order valence-electron chi connectivity index (χ2n) is 10.3. The lowest BCUT2D eigenvalue weighted by atomic mass is 9.84. The number of nitrogens with one attached hydrogen (secondary N) is 1. The zero-order valence-electron chi connectivity index (χ0n) is 19.7. The van der Waals surface area contributed by atoms with E-state index < -0.39 is 34.0 Å². The number of hydrogen-bond acceptors (Lipinski definition) is 8. The molecule has 9 nitrogen and oxygen atoms in total. The van der Waals surface area contributed by atoms with Gasteiger partial charge in [0.15, 0.2) is 10.8 Å².